The van der Waals surface area contributed by atoms with E-state index in [0.29, 0.717) is 24.8 Å². The molecule has 3 N–H and O–H groups in total. The normalized spacial score (nSPS) is 11.9. The summed E-state index contributed by atoms with van der Waals surface area (Å²) in [5.74, 6) is 1.13. The highest BCUT2D eigenvalue weighted by Crippen LogP contribution is 2.12. The van der Waals surface area contributed by atoms with Crippen LogP contribution < -0.4 is 15.8 Å². The van der Waals surface area contributed by atoms with E-state index < -0.39 is 0 Å². The summed E-state index contributed by atoms with van der Waals surface area (Å²) in [4.78, 5) is 11.6. The maximum atomic E-state index is 11.6. The van der Waals surface area contributed by atoms with Crippen molar-refractivity contribution in [2.75, 3.05) is 19.7 Å². The molecule has 0 radical (unpaired) electrons. The van der Waals surface area contributed by atoms with E-state index >= 15 is 0 Å². The molecule has 0 bridgehead atoms. The van der Waals surface area contributed by atoms with Gasteiger partial charge in [-0.15, -0.1) is 0 Å². The molecule has 0 aliphatic heterocycles. The quantitative estimate of drug-likeness (QED) is 0.751. The largest absolute Gasteiger partial charge is 0.484 e. The number of carbonyl (C=O) groups is 1. The van der Waals surface area contributed by atoms with E-state index in [0.717, 1.165) is 12.8 Å². The molecule has 0 saturated heterocycles. The average Bonchev–Trinajstić information content (AvgIpc) is 2.44. The molecule has 1 aromatic carbocycles. The van der Waals surface area contributed by atoms with Gasteiger partial charge < -0.3 is 15.8 Å². The molecular formula is C15H24N2O2. The first kappa shape index (κ1) is 15.5. The summed E-state index contributed by atoms with van der Waals surface area (Å²) in [6.07, 6.45) is 1.92. The van der Waals surface area contributed by atoms with E-state index in [2.05, 4.69) is 19.2 Å². The van der Waals surface area contributed by atoms with Crippen LogP contribution in [0.15, 0.2) is 24.3 Å². The lowest BCUT2D eigenvalue weighted by Gasteiger charge is -2.11. The number of rotatable bonds is 8. The predicted octanol–water partition coefficient (Wildman–Crippen LogP) is 1.73. The Hall–Kier alpha value is -1.55. The van der Waals surface area contributed by atoms with Crippen molar-refractivity contribution in [1.29, 1.82) is 0 Å². The van der Waals surface area contributed by atoms with E-state index in [1.807, 2.05) is 24.3 Å². The van der Waals surface area contributed by atoms with Crippen LogP contribution in [-0.2, 0) is 11.2 Å². The van der Waals surface area contributed by atoms with Gasteiger partial charge in [0.05, 0.1) is 0 Å². The number of hydrogen-bond acceptors (Lipinski definition) is 3. The second kappa shape index (κ2) is 8.53. The number of benzene rings is 1. The molecule has 1 amide bonds. The smallest absolute Gasteiger partial charge is 0.257 e. The number of ether oxygens (including phenoxy) is 1. The van der Waals surface area contributed by atoms with Crippen molar-refractivity contribution in [1.82, 2.24) is 5.32 Å². The lowest BCUT2D eigenvalue weighted by Crippen LogP contribution is -2.32. The van der Waals surface area contributed by atoms with Gasteiger partial charge in [0.15, 0.2) is 6.61 Å². The minimum atomic E-state index is -0.0775. The fourth-order valence-electron chi connectivity index (χ4n) is 1.55. The van der Waals surface area contributed by atoms with Crippen LogP contribution in [-0.4, -0.2) is 25.6 Å². The Morgan fingerprint density at radius 2 is 2.05 bits per heavy atom. The Bertz CT molecular complexity index is 376. The van der Waals surface area contributed by atoms with Gasteiger partial charge in [0.25, 0.3) is 5.91 Å². The van der Waals surface area contributed by atoms with Crippen LogP contribution in [0.3, 0.4) is 0 Å². The van der Waals surface area contributed by atoms with Gasteiger partial charge >= 0.3 is 0 Å². The molecule has 0 fully saturated rings. The van der Waals surface area contributed by atoms with Crippen molar-refractivity contribution < 1.29 is 9.53 Å². The van der Waals surface area contributed by atoms with Crippen LogP contribution >= 0.6 is 0 Å². The predicted molar refractivity (Wildman–Crippen MR) is 77.2 cm³/mol. The van der Waals surface area contributed by atoms with Crippen molar-refractivity contribution in [2.45, 2.75) is 26.7 Å². The van der Waals surface area contributed by atoms with E-state index in [9.17, 15) is 4.79 Å². The first-order valence-electron chi connectivity index (χ1n) is 6.84. The molecular weight excluding hydrogens is 240 g/mol. The van der Waals surface area contributed by atoms with E-state index in [-0.39, 0.29) is 12.5 Å². The number of nitrogens with two attached hydrogens (primary N) is 1. The minimum Gasteiger partial charge on any atom is -0.484 e. The maximum Gasteiger partial charge on any atom is 0.257 e. The third-order valence-corrected chi connectivity index (χ3v) is 3.07. The van der Waals surface area contributed by atoms with Crippen molar-refractivity contribution in [2.24, 2.45) is 11.7 Å². The highest BCUT2D eigenvalue weighted by Gasteiger charge is 2.05. The number of amides is 1. The molecule has 4 nitrogen and oxygen atoms in total. The number of hydrogen-bond donors (Lipinski definition) is 2. The lowest BCUT2D eigenvalue weighted by molar-refractivity contribution is -0.123. The average molecular weight is 264 g/mol. The van der Waals surface area contributed by atoms with Gasteiger partial charge in [-0.25, -0.2) is 0 Å². The van der Waals surface area contributed by atoms with Gasteiger partial charge in [0.1, 0.15) is 5.75 Å². The maximum absolute atomic E-state index is 11.6. The van der Waals surface area contributed by atoms with Gasteiger partial charge in [-0.05, 0) is 36.6 Å². The van der Waals surface area contributed by atoms with Gasteiger partial charge in [-0.2, -0.15) is 0 Å². The van der Waals surface area contributed by atoms with E-state index in [4.69, 9.17) is 10.5 Å². The Morgan fingerprint density at radius 1 is 1.37 bits per heavy atom. The van der Waals surface area contributed by atoms with Crippen molar-refractivity contribution in [3.05, 3.63) is 29.8 Å². The third kappa shape index (κ3) is 6.25. The van der Waals surface area contributed by atoms with Crippen molar-refractivity contribution in [3.8, 4) is 5.75 Å². The Morgan fingerprint density at radius 3 is 2.63 bits per heavy atom. The zero-order valence-electron chi connectivity index (χ0n) is 11.8. The second-order valence-electron chi connectivity index (χ2n) is 4.79. The number of carbonyl (C=O) groups excluding carboxylic acids is 1. The molecule has 1 aromatic rings. The highest BCUT2D eigenvalue weighted by molar-refractivity contribution is 5.77. The SMILES string of the molecule is CCC(C)CNC(=O)COc1ccc(CCN)cc1. The molecule has 19 heavy (non-hydrogen) atoms. The van der Waals surface area contributed by atoms with Gasteiger partial charge in [-0.1, -0.05) is 32.4 Å². The zero-order valence-corrected chi connectivity index (χ0v) is 11.8. The first-order chi connectivity index (χ1) is 9.15. The van der Waals surface area contributed by atoms with E-state index in [1.54, 1.807) is 0 Å². The molecule has 0 saturated carbocycles. The summed E-state index contributed by atoms with van der Waals surface area (Å²) < 4.78 is 5.42. The Labute approximate surface area is 115 Å². The molecule has 1 unspecified atom stereocenters. The summed E-state index contributed by atoms with van der Waals surface area (Å²) in [6, 6.07) is 7.68. The van der Waals surface area contributed by atoms with Crippen LogP contribution in [0.1, 0.15) is 25.8 Å². The molecule has 1 rings (SSSR count). The molecule has 1 atom stereocenters. The molecule has 0 aromatic heterocycles. The van der Waals surface area contributed by atoms with Gasteiger partial charge in [-0.3, -0.25) is 4.79 Å². The zero-order chi connectivity index (χ0) is 14.1. The van der Waals surface area contributed by atoms with Crippen LogP contribution in [0.2, 0.25) is 0 Å². The van der Waals surface area contributed by atoms with Gasteiger partial charge in [0.2, 0.25) is 0 Å². The highest BCUT2D eigenvalue weighted by atomic mass is 16.5. The summed E-state index contributed by atoms with van der Waals surface area (Å²) in [5.41, 5.74) is 6.66. The molecule has 4 heteroatoms. The first-order valence-corrected chi connectivity index (χ1v) is 6.84. The summed E-state index contributed by atoms with van der Waals surface area (Å²) >= 11 is 0. The molecule has 106 valence electrons. The molecule has 0 spiro atoms. The topological polar surface area (TPSA) is 64.3 Å². The van der Waals surface area contributed by atoms with Crippen LogP contribution in [0.25, 0.3) is 0 Å². The Kier molecular flexibility index (Phi) is 6.97. The Balaban J connectivity index is 2.29. The lowest BCUT2D eigenvalue weighted by atomic mass is 10.1. The summed E-state index contributed by atoms with van der Waals surface area (Å²) in [6.45, 7) is 5.62. The summed E-state index contributed by atoms with van der Waals surface area (Å²) in [5, 5.41) is 2.85. The third-order valence-electron chi connectivity index (χ3n) is 3.07. The summed E-state index contributed by atoms with van der Waals surface area (Å²) in [7, 11) is 0. The van der Waals surface area contributed by atoms with Crippen LogP contribution in [0, 0.1) is 5.92 Å². The molecule has 0 heterocycles. The number of nitrogens with one attached hydrogen (secondary N) is 1. The van der Waals surface area contributed by atoms with Crippen LogP contribution in [0.5, 0.6) is 5.75 Å². The standard InChI is InChI=1S/C15H24N2O2/c1-3-12(2)10-17-15(18)11-19-14-6-4-13(5-7-14)8-9-16/h4-7,12H,3,8-11,16H2,1-2H3,(H,17,18). The van der Waals surface area contributed by atoms with Crippen molar-refractivity contribution >= 4 is 5.91 Å². The fourth-order valence-corrected chi connectivity index (χ4v) is 1.55. The monoisotopic (exact) mass is 264 g/mol. The second-order valence-corrected chi connectivity index (χ2v) is 4.79. The minimum absolute atomic E-state index is 0.0622. The van der Waals surface area contributed by atoms with Crippen molar-refractivity contribution in [3.63, 3.8) is 0 Å². The van der Waals surface area contributed by atoms with Crippen LogP contribution in [0.4, 0.5) is 0 Å². The fraction of sp³-hybridized carbons (Fsp3) is 0.533. The molecule has 0 aliphatic rings. The van der Waals surface area contributed by atoms with E-state index in [1.165, 1.54) is 5.56 Å². The van der Waals surface area contributed by atoms with Gasteiger partial charge in [0, 0.05) is 6.54 Å². The molecule has 0 aliphatic carbocycles.